The Morgan fingerprint density at radius 1 is 1.43 bits per heavy atom. The number of nitrogens with zero attached hydrogens (tertiary/aromatic N) is 1. The fraction of sp³-hybridized carbons (Fsp3) is 0.778. The van der Waals surface area contributed by atoms with E-state index in [1.807, 2.05) is 0 Å². The molecule has 1 atom stereocenters. The zero-order chi connectivity index (χ0) is 10.6. The predicted octanol–water partition coefficient (Wildman–Crippen LogP) is 0.739. The van der Waals surface area contributed by atoms with Crippen molar-refractivity contribution in [3.63, 3.8) is 0 Å². The Morgan fingerprint density at radius 2 is 2.14 bits per heavy atom. The summed E-state index contributed by atoms with van der Waals surface area (Å²) in [5.41, 5.74) is 0. The van der Waals surface area contributed by atoms with Crippen LogP contribution in [0.1, 0.15) is 19.3 Å². The molecular weight excluding hydrogens is 200 g/mol. The molecule has 0 aromatic rings. The van der Waals surface area contributed by atoms with Gasteiger partial charge in [0.2, 0.25) is 0 Å². The van der Waals surface area contributed by atoms with Crippen LogP contribution in [0.25, 0.3) is 0 Å². The summed E-state index contributed by atoms with van der Waals surface area (Å²) in [7, 11) is -0.177. The van der Waals surface area contributed by atoms with E-state index in [0.717, 1.165) is 19.3 Å². The van der Waals surface area contributed by atoms with Crippen LogP contribution < -0.4 is 4.72 Å². The lowest BCUT2D eigenvalue weighted by atomic mass is 9.95. The minimum atomic E-state index is -3.24. The molecule has 0 aromatic carbocycles. The van der Waals surface area contributed by atoms with Crippen LogP contribution in [0, 0.1) is 5.92 Å². The Labute approximate surface area is 86.2 Å². The van der Waals surface area contributed by atoms with Gasteiger partial charge in [-0.3, -0.25) is 0 Å². The van der Waals surface area contributed by atoms with Gasteiger partial charge in [-0.1, -0.05) is 12.2 Å². The first-order valence-electron chi connectivity index (χ1n) is 4.84. The number of allylic oxidation sites excluding steroid dienone is 2. The number of rotatable bonds is 4. The highest BCUT2D eigenvalue weighted by molar-refractivity contribution is 7.87. The van der Waals surface area contributed by atoms with Crippen LogP contribution in [0.4, 0.5) is 0 Å². The lowest BCUT2D eigenvalue weighted by molar-refractivity contribution is 0.451. The van der Waals surface area contributed by atoms with Crippen molar-refractivity contribution in [3.05, 3.63) is 12.2 Å². The minimum absolute atomic E-state index is 0.453. The fourth-order valence-electron chi connectivity index (χ4n) is 1.39. The number of hydrogen-bond acceptors (Lipinski definition) is 2. The molecule has 1 aliphatic carbocycles. The van der Waals surface area contributed by atoms with Gasteiger partial charge in [0.1, 0.15) is 0 Å². The number of hydrogen-bond donors (Lipinski definition) is 1. The molecule has 1 rings (SSSR count). The van der Waals surface area contributed by atoms with Crippen molar-refractivity contribution in [3.8, 4) is 0 Å². The fourth-order valence-corrected chi connectivity index (χ4v) is 2.10. The summed E-state index contributed by atoms with van der Waals surface area (Å²) in [6.45, 7) is 0.546. The molecule has 0 bridgehead atoms. The minimum Gasteiger partial charge on any atom is -0.202 e. The summed E-state index contributed by atoms with van der Waals surface area (Å²) in [5, 5.41) is 0. The maximum absolute atomic E-state index is 11.4. The Morgan fingerprint density at radius 3 is 2.64 bits per heavy atom. The van der Waals surface area contributed by atoms with Crippen LogP contribution in [0.2, 0.25) is 0 Å². The molecule has 0 saturated carbocycles. The van der Waals surface area contributed by atoms with Gasteiger partial charge in [0.25, 0.3) is 10.2 Å². The summed E-state index contributed by atoms with van der Waals surface area (Å²) in [5.74, 6) is 0.453. The molecule has 0 spiro atoms. The van der Waals surface area contributed by atoms with E-state index < -0.39 is 10.2 Å². The standard InChI is InChI=1S/C9H18N2O2S/c1-11(2)14(12,13)10-8-9-6-4-3-5-7-9/h3-4,9-10H,5-8H2,1-2H3. The Bertz CT molecular complexity index is 296. The Balaban J connectivity index is 2.37. The average Bonchev–Trinajstić information content (AvgIpc) is 2.16. The van der Waals surface area contributed by atoms with E-state index in [-0.39, 0.29) is 0 Å². The molecular formula is C9H18N2O2S. The van der Waals surface area contributed by atoms with Crippen LogP contribution in [-0.2, 0) is 10.2 Å². The lowest BCUT2D eigenvalue weighted by Gasteiger charge is -2.19. The van der Waals surface area contributed by atoms with E-state index in [4.69, 9.17) is 0 Å². The SMILES string of the molecule is CN(C)S(=O)(=O)NCC1CC=CCC1. The van der Waals surface area contributed by atoms with Crippen LogP contribution in [0.5, 0.6) is 0 Å². The predicted molar refractivity (Wildman–Crippen MR) is 57.1 cm³/mol. The van der Waals surface area contributed by atoms with E-state index in [1.165, 1.54) is 18.4 Å². The van der Waals surface area contributed by atoms with E-state index >= 15 is 0 Å². The van der Waals surface area contributed by atoms with Gasteiger partial charge in [-0.05, 0) is 25.2 Å². The second-order valence-electron chi connectivity index (χ2n) is 3.79. The summed E-state index contributed by atoms with van der Waals surface area (Å²) >= 11 is 0. The van der Waals surface area contributed by atoms with Crippen LogP contribution in [-0.4, -0.2) is 33.4 Å². The van der Waals surface area contributed by atoms with E-state index in [1.54, 1.807) is 0 Å². The van der Waals surface area contributed by atoms with Crippen LogP contribution in [0.15, 0.2) is 12.2 Å². The van der Waals surface area contributed by atoms with Gasteiger partial charge < -0.3 is 0 Å². The van der Waals surface area contributed by atoms with Crippen molar-refractivity contribution in [2.45, 2.75) is 19.3 Å². The van der Waals surface area contributed by atoms with Crippen molar-refractivity contribution in [2.24, 2.45) is 5.92 Å². The van der Waals surface area contributed by atoms with Gasteiger partial charge in [0.05, 0.1) is 0 Å². The first-order valence-corrected chi connectivity index (χ1v) is 6.28. The Hall–Kier alpha value is -0.390. The molecule has 82 valence electrons. The molecule has 14 heavy (non-hydrogen) atoms. The molecule has 1 aliphatic rings. The van der Waals surface area contributed by atoms with Gasteiger partial charge in [-0.15, -0.1) is 0 Å². The molecule has 0 amide bonds. The van der Waals surface area contributed by atoms with Crippen molar-refractivity contribution in [1.82, 2.24) is 9.03 Å². The lowest BCUT2D eigenvalue weighted by Crippen LogP contribution is -2.38. The molecule has 0 fully saturated rings. The monoisotopic (exact) mass is 218 g/mol. The molecule has 0 aliphatic heterocycles. The molecule has 0 aromatic heterocycles. The van der Waals surface area contributed by atoms with E-state index in [0.29, 0.717) is 12.5 Å². The average molecular weight is 218 g/mol. The highest BCUT2D eigenvalue weighted by Gasteiger charge is 2.16. The Kier molecular flexibility index (Phi) is 4.10. The highest BCUT2D eigenvalue weighted by Crippen LogP contribution is 2.17. The zero-order valence-electron chi connectivity index (χ0n) is 8.73. The van der Waals surface area contributed by atoms with Crippen molar-refractivity contribution in [1.29, 1.82) is 0 Å². The van der Waals surface area contributed by atoms with Crippen molar-refractivity contribution >= 4 is 10.2 Å². The maximum atomic E-state index is 11.4. The summed E-state index contributed by atoms with van der Waals surface area (Å²) in [4.78, 5) is 0. The van der Waals surface area contributed by atoms with Gasteiger partial charge in [0, 0.05) is 20.6 Å². The molecule has 0 saturated heterocycles. The second kappa shape index (κ2) is 4.91. The molecule has 0 radical (unpaired) electrons. The molecule has 5 heteroatoms. The third kappa shape index (κ3) is 3.40. The van der Waals surface area contributed by atoms with Crippen molar-refractivity contribution in [2.75, 3.05) is 20.6 Å². The van der Waals surface area contributed by atoms with E-state index in [2.05, 4.69) is 16.9 Å². The quantitative estimate of drug-likeness (QED) is 0.708. The first kappa shape index (κ1) is 11.7. The third-order valence-electron chi connectivity index (χ3n) is 2.41. The largest absolute Gasteiger partial charge is 0.278 e. The van der Waals surface area contributed by atoms with Gasteiger partial charge >= 0.3 is 0 Å². The molecule has 1 unspecified atom stereocenters. The molecule has 0 heterocycles. The van der Waals surface area contributed by atoms with Gasteiger partial charge in [0.15, 0.2) is 0 Å². The normalized spacial score (nSPS) is 22.9. The molecule has 4 nitrogen and oxygen atoms in total. The van der Waals surface area contributed by atoms with Crippen LogP contribution in [0.3, 0.4) is 0 Å². The van der Waals surface area contributed by atoms with Gasteiger partial charge in [-0.25, -0.2) is 4.72 Å². The van der Waals surface area contributed by atoms with Crippen molar-refractivity contribution < 1.29 is 8.42 Å². The molecule has 1 N–H and O–H groups in total. The van der Waals surface area contributed by atoms with Crippen LogP contribution >= 0.6 is 0 Å². The van der Waals surface area contributed by atoms with Gasteiger partial charge in [-0.2, -0.15) is 12.7 Å². The number of nitrogens with one attached hydrogen (secondary N) is 1. The summed E-state index contributed by atoms with van der Waals surface area (Å²) in [6, 6.07) is 0. The third-order valence-corrected chi connectivity index (χ3v) is 3.91. The highest BCUT2D eigenvalue weighted by atomic mass is 32.2. The smallest absolute Gasteiger partial charge is 0.202 e. The maximum Gasteiger partial charge on any atom is 0.278 e. The second-order valence-corrected chi connectivity index (χ2v) is 5.76. The first-order chi connectivity index (χ1) is 6.52. The van der Waals surface area contributed by atoms with E-state index in [9.17, 15) is 8.42 Å². The zero-order valence-corrected chi connectivity index (χ0v) is 9.55. The summed E-state index contributed by atoms with van der Waals surface area (Å²) < 4.78 is 26.5. The topological polar surface area (TPSA) is 49.4 Å². The summed E-state index contributed by atoms with van der Waals surface area (Å²) in [6.07, 6.45) is 7.39.